The molecule has 1 fully saturated rings. The number of nitriles is 1. The molecule has 0 radical (unpaired) electrons. The van der Waals surface area contributed by atoms with Crippen LogP contribution in [0.15, 0.2) is 42.6 Å². The molecule has 2 aromatic heterocycles. The van der Waals surface area contributed by atoms with E-state index in [1.54, 1.807) is 0 Å². The third-order valence-corrected chi connectivity index (χ3v) is 4.45. The van der Waals surface area contributed by atoms with Crippen molar-refractivity contribution in [3.05, 3.63) is 59.5 Å². The summed E-state index contributed by atoms with van der Waals surface area (Å²) in [7, 11) is 1.95. The summed E-state index contributed by atoms with van der Waals surface area (Å²) in [6.07, 6.45) is 5.11. The van der Waals surface area contributed by atoms with Gasteiger partial charge < -0.3 is 4.57 Å². The maximum atomic E-state index is 9.14. The van der Waals surface area contributed by atoms with Crippen molar-refractivity contribution in [3.63, 3.8) is 0 Å². The largest absolute Gasteiger partial charge is 0.347 e. The van der Waals surface area contributed by atoms with Crippen LogP contribution < -0.4 is 0 Å². The highest BCUT2D eigenvalue weighted by atomic mass is 15.4. The van der Waals surface area contributed by atoms with E-state index in [4.69, 9.17) is 15.3 Å². The second-order valence-corrected chi connectivity index (χ2v) is 6.36. The van der Waals surface area contributed by atoms with Crippen molar-refractivity contribution in [1.29, 1.82) is 5.26 Å². The van der Waals surface area contributed by atoms with Gasteiger partial charge in [-0.05, 0) is 30.9 Å². The van der Waals surface area contributed by atoms with E-state index < -0.39 is 0 Å². The molecular formula is C19H19N5. The van der Waals surface area contributed by atoms with E-state index in [0.29, 0.717) is 11.5 Å². The molecule has 1 aromatic carbocycles. The van der Waals surface area contributed by atoms with E-state index >= 15 is 0 Å². The van der Waals surface area contributed by atoms with Crippen molar-refractivity contribution in [3.8, 4) is 17.6 Å². The lowest BCUT2D eigenvalue weighted by atomic mass is 10.1. The first-order chi connectivity index (χ1) is 11.7. The number of hydrogen-bond donors (Lipinski definition) is 0. The second-order valence-electron chi connectivity index (χ2n) is 6.36. The van der Waals surface area contributed by atoms with Crippen molar-refractivity contribution >= 4 is 0 Å². The Labute approximate surface area is 141 Å². The van der Waals surface area contributed by atoms with Crippen LogP contribution in [0.4, 0.5) is 0 Å². The fraction of sp³-hybridized carbons (Fsp3) is 0.316. The SMILES string of the molecule is Cn1cc(C#N)cc1-c1nc(C2CC2)nn1CCc1ccccc1. The van der Waals surface area contributed by atoms with Gasteiger partial charge in [-0.15, -0.1) is 0 Å². The van der Waals surface area contributed by atoms with Gasteiger partial charge in [-0.2, -0.15) is 10.4 Å². The topological polar surface area (TPSA) is 59.4 Å². The maximum absolute atomic E-state index is 9.14. The van der Waals surface area contributed by atoms with Gasteiger partial charge >= 0.3 is 0 Å². The van der Waals surface area contributed by atoms with Gasteiger partial charge in [0.15, 0.2) is 11.6 Å². The Hall–Kier alpha value is -2.87. The van der Waals surface area contributed by atoms with Crippen LogP contribution in [0.25, 0.3) is 11.5 Å². The second kappa shape index (κ2) is 5.97. The van der Waals surface area contributed by atoms with Crippen LogP contribution in [0.5, 0.6) is 0 Å². The molecule has 0 bridgehead atoms. The van der Waals surface area contributed by atoms with Gasteiger partial charge in [0.25, 0.3) is 0 Å². The lowest BCUT2D eigenvalue weighted by molar-refractivity contribution is 0.609. The van der Waals surface area contributed by atoms with E-state index in [1.165, 1.54) is 18.4 Å². The molecule has 4 rings (SSSR count). The Morgan fingerprint density at radius 1 is 1.25 bits per heavy atom. The average Bonchev–Trinajstić information content (AvgIpc) is 3.27. The monoisotopic (exact) mass is 317 g/mol. The molecule has 5 nitrogen and oxygen atoms in total. The number of nitrogens with zero attached hydrogens (tertiary/aromatic N) is 5. The Bertz CT molecular complexity index is 894. The van der Waals surface area contributed by atoms with Gasteiger partial charge in [-0.3, -0.25) is 0 Å². The van der Waals surface area contributed by atoms with Crippen LogP contribution in [-0.4, -0.2) is 19.3 Å². The summed E-state index contributed by atoms with van der Waals surface area (Å²) in [5.74, 6) is 2.31. The number of hydrogen-bond acceptors (Lipinski definition) is 3. The van der Waals surface area contributed by atoms with Crippen molar-refractivity contribution < 1.29 is 0 Å². The van der Waals surface area contributed by atoms with Gasteiger partial charge in [0.2, 0.25) is 0 Å². The van der Waals surface area contributed by atoms with Crippen LogP contribution in [0.1, 0.15) is 35.7 Å². The smallest absolute Gasteiger partial charge is 0.175 e. The fourth-order valence-electron chi connectivity index (χ4n) is 2.95. The molecule has 120 valence electrons. The van der Waals surface area contributed by atoms with Gasteiger partial charge in [-0.1, -0.05) is 30.3 Å². The predicted octanol–water partition coefficient (Wildman–Crippen LogP) is 3.28. The minimum Gasteiger partial charge on any atom is -0.347 e. The van der Waals surface area contributed by atoms with Crippen LogP contribution >= 0.6 is 0 Å². The highest BCUT2D eigenvalue weighted by molar-refractivity contribution is 5.55. The number of aryl methyl sites for hydroxylation is 3. The highest BCUT2D eigenvalue weighted by Crippen LogP contribution is 2.39. The molecule has 0 spiro atoms. The molecule has 0 aliphatic heterocycles. The minimum atomic E-state index is 0.512. The van der Waals surface area contributed by atoms with E-state index in [-0.39, 0.29) is 0 Å². The lowest BCUT2D eigenvalue weighted by Crippen LogP contribution is -2.07. The summed E-state index contributed by atoms with van der Waals surface area (Å²) in [5.41, 5.74) is 2.88. The zero-order chi connectivity index (χ0) is 16.5. The van der Waals surface area contributed by atoms with Crippen LogP contribution in [-0.2, 0) is 20.0 Å². The number of aromatic nitrogens is 4. The summed E-state index contributed by atoms with van der Waals surface area (Å²) in [6.45, 7) is 0.784. The first-order valence-corrected chi connectivity index (χ1v) is 8.30. The standard InChI is InChI=1S/C19H19N5/c1-23-13-15(12-20)11-17(23)19-21-18(16-7-8-16)22-24(19)10-9-14-5-3-2-4-6-14/h2-6,11,13,16H,7-10H2,1H3. The zero-order valence-electron chi connectivity index (χ0n) is 13.7. The third-order valence-electron chi connectivity index (χ3n) is 4.45. The van der Waals surface area contributed by atoms with Gasteiger partial charge in [0.05, 0.1) is 11.3 Å². The highest BCUT2D eigenvalue weighted by Gasteiger charge is 2.29. The molecule has 0 saturated heterocycles. The molecular weight excluding hydrogens is 298 g/mol. The van der Waals surface area contributed by atoms with E-state index in [0.717, 1.165) is 30.3 Å². The lowest BCUT2D eigenvalue weighted by Gasteiger charge is -2.07. The minimum absolute atomic E-state index is 0.512. The average molecular weight is 317 g/mol. The number of rotatable bonds is 5. The van der Waals surface area contributed by atoms with Crippen LogP contribution in [0.2, 0.25) is 0 Å². The first-order valence-electron chi connectivity index (χ1n) is 8.30. The normalized spacial score (nSPS) is 13.8. The maximum Gasteiger partial charge on any atom is 0.175 e. The van der Waals surface area contributed by atoms with Crippen molar-refractivity contribution in [1.82, 2.24) is 19.3 Å². The molecule has 0 amide bonds. The van der Waals surface area contributed by atoms with E-state index in [9.17, 15) is 0 Å². The van der Waals surface area contributed by atoms with Crippen molar-refractivity contribution in [2.45, 2.75) is 31.7 Å². The Morgan fingerprint density at radius 3 is 2.71 bits per heavy atom. The molecule has 1 saturated carbocycles. The van der Waals surface area contributed by atoms with Crippen LogP contribution in [0, 0.1) is 11.3 Å². The molecule has 0 atom stereocenters. The predicted molar refractivity (Wildman–Crippen MR) is 91.3 cm³/mol. The first kappa shape index (κ1) is 14.7. The van der Waals surface area contributed by atoms with Crippen LogP contribution in [0.3, 0.4) is 0 Å². The Kier molecular flexibility index (Phi) is 3.66. The van der Waals surface area contributed by atoms with Crippen molar-refractivity contribution in [2.24, 2.45) is 7.05 Å². The molecule has 3 aromatic rings. The molecule has 2 heterocycles. The molecule has 0 unspecified atom stereocenters. The quantitative estimate of drug-likeness (QED) is 0.725. The van der Waals surface area contributed by atoms with Crippen molar-refractivity contribution in [2.75, 3.05) is 0 Å². The summed E-state index contributed by atoms with van der Waals surface area (Å²) in [4.78, 5) is 4.78. The fourth-order valence-corrected chi connectivity index (χ4v) is 2.95. The molecule has 5 heteroatoms. The van der Waals surface area contributed by atoms with Gasteiger partial charge in [0, 0.05) is 25.7 Å². The Morgan fingerprint density at radius 2 is 2.04 bits per heavy atom. The van der Waals surface area contributed by atoms with E-state index in [1.807, 2.05) is 34.6 Å². The molecule has 1 aliphatic rings. The zero-order valence-corrected chi connectivity index (χ0v) is 13.7. The summed E-state index contributed by atoms with van der Waals surface area (Å²) < 4.78 is 3.95. The number of benzene rings is 1. The van der Waals surface area contributed by atoms with E-state index in [2.05, 4.69) is 30.3 Å². The molecule has 1 aliphatic carbocycles. The summed E-state index contributed by atoms with van der Waals surface area (Å²) >= 11 is 0. The third kappa shape index (κ3) is 2.83. The van der Waals surface area contributed by atoms with Gasteiger partial charge in [-0.25, -0.2) is 9.67 Å². The summed E-state index contributed by atoms with van der Waals surface area (Å²) in [6, 6.07) is 14.5. The molecule has 0 N–H and O–H groups in total. The van der Waals surface area contributed by atoms with Gasteiger partial charge in [0.1, 0.15) is 6.07 Å². The Balaban J connectivity index is 1.67. The molecule has 24 heavy (non-hydrogen) atoms. The summed E-state index contributed by atoms with van der Waals surface area (Å²) in [5, 5.41) is 13.9.